The van der Waals surface area contributed by atoms with Crippen LogP contribution in [0.5, 0.6) is 0 Å². The third kappa shape index (κ3) is 3.38. The summed E-state index contributed by atoms with van der Waals surface area (Å²) in [7, 11) is 0. The molecule has 1 heterocycles. The molecule has 1 aromatic rings. The molecule has 5 nitrogen and oxygen atoms in total. The zero-order chi connectivity index (χ0) is 10.4. The summed E-state index contributed by atoms with van der Waals surface area (Å²) in [5.41, 5.74) is 0. The Kier molecular flexibility index (Phi) is 3.84. The van der Waals surface area contributed by atoms with Crippen molar-refractivity contribution in [3.8, 4) is 0 Å². The lowest BCUT2D eigenvalue weighted by Crippen LogP contribution is -2.35. The normalized spacial score (nSPS) is 11.9. The summed E-state index contributed by atoms with van der Waals surface area (Å²) < 4.78 is 0. The number of nitrogens with zero attached hydrogens (tertiary/aromatic N) is 2. The Morgan fingerprint density at radius 3 is 2.93 bits per heavy atom. The van der Waals surface area contributed by atoms with E-state index in [1.54, 1.807) is 6.20 Å². The van der Waals surface area contributed by atoms with E-state index < -0.39 is 0 Å². The van der Waals surface area contributed by atoms with Gasteiger partial charge >= 0.3 is 6.03 Å². The highest BCUT2D eigenvalue weighted by Crippen LogP contribution is 1.97. The number of carbonyl (C=O) groups excluding carboxylic acids is 1. The van der Waals surface area contributed by atoms with Crippen LogP contribution >= 0.6 is 0 Å². The molecule has 76 valence electrons. The van der Waals surface area contributed by atoms with Gasteiger partial charge in [-0.2, -0.15) is 0 Å². The van der Waals surface area contributed by atoms with Crippen LogP contribution in [0.15, 0.2) is 18.6 Å². The summed E-state index contributed by atoms with van der Waals surface area (Å²) >= 11 is 0. The minimum atomic E-state index is -0.250. The Labute approximate surface area is 83.0 Å². The summed E-state index contributed by atoms with van der Waals surface area (Å²) in [4.78, 5) is 19.0. The van der Waals surface area contributed by atoms with E-state index in [9.17, 15) is 4.79 Å². The Balaban J connectivity index is 2.42. The molecule has 0 saturated carbocycles. The van der Waals surface area contributed by atoms with Gasteiger partial charge in [-0.3, -0.25) is 10.3 Å². The van der Waals surface area contributed by atoms with Crippen molar-refractivity contribution in [2.45, 2.75) is 26.3 Å². The number of rotatable bonds is 3. The van der Waals surface area contributed by atoms with Gasteiger partial charge in [0.2, 0.25) is 0 Å². The highest BCUT2D eigenvalue weighted by molar-refractivity contribution is 5.88. The van der Waals surface area contributed by atoms with Gasteiger partial charge in [0.05, 0.1) is 6.20 Å². The number of carbonyl (C=O) groups is 1. The molecule has 0 saturated heterocycles. The molecule has 0 aliphatic heterocycles. The van der Waals surface area contributed by atoms with Crippen LogP contribution in [-0.4, -0.2) is 22.0 Å². The quantitative estimate of drug-likeness (QED) is 0.764. The highest BCUT2D eigenvalue weighted by Gasteiger charge is 2.05. The smallest absolute Gasteiger partial charge is 0.320 e. The molecule has 2 N–H and O–H groups in total. The van der Waals surface area contributed by atoms with Crippen molar-refractivity contribution in [3.63, 3.8) is 0 Å². The molecular formula is C9H14N4O. The molecule has 1 aromatic heterocycles. The zero-order valence-corrected chi connectivity index (χ0v) is 8.32. The Morgan fingerprint density at radius 2 is 2.36 bits per heavy atom. The average molecular weight is 194 g/mol. The van der Waals surface area contributed by atoms with Crippen LogP contribution in [0.4, 0.5) is 10.6 Å². The van der Waals surface area contributed by atoms with Crippen LogP contribution in [0.3, 0.4) is 0 Å². The van der Waals surface area contributed by atoms with Gasteiger partial charge in [0.25, 0.3) is 0 Å². The minimum absolute atomic E-state index is 0.159. The van der Waals surface area contributed by atoms with E-state index in [1.165, 1.54) is 12.4 Å². The van der Waals surface area contributed by atoms with E-state index in [0.717, 1.165) is 6.42 Å². The van der Waals surface area contributed by atoms with E-state index in [-0.39, 0.29) is 12.1 Å². The Bertz CT molecular complexity index is 288. The summed E-state index contributed by atoms with van der Waals surface area (Å²) in [6.07, 6.45) is 5.47. The predicted octanol–water partition coefficient (Wildman–Crippen LogP) is 1.40. The molecule has 0 spiro atoms. The standard InChI is InChI=1S/C9H14N4O/c1-3-7(2)12-9(14)13-8-6-10-4-5-11-8/h4-7H,3H2,1-2H3,(H2,11,12,13,14). The molecule has 0 bridgehead atoms. The van der Waals surface area contributed by atoms with E-state index in [2.05, 4.69) is 20.6 Å². The largest absolute Gasteiger partial charge is 0.335 e. The molecule has 14 heavy (non-hydrogen) atoms. The molecule has 0 aliphatic rings. The lowest BCUT2D eigenvalue weighted by molar-refractivity contribution is 0.249. The number of aromatic nitrogens is 2. The van der Waals surface area contributed by atoms with Gasteiger partial charge < -0.3 is 5.32 Å². The van der Waals surface area contributed by atoms with Crippen LogP contribution in [0.2, 0.25) is 0 Å². The van der Waals surface area contributed by atoms with Crippen molar-refractivity contribution >= 4 is 11.8 Å². The van der Waals surface area contributed by atoms with Crippen molar-refractivity contribution in [2.75, 3.05) is 5.32 Å². The second-order valence-corrected chi connectivity index (χ2v) is 3.00. The molecule has 0 radical (unpaired) electrons. The molecule has 1 rings (SSSR count). The highest BCUT2D eigenvalue weighted by atomic mass is 16.2. The maximum Gasteiger partial charge on any atom is 0.320 e. The second kappa shape index (κ2) is 5.16. The summed E-state index contributed by atoms with van der Waals surface area (Å²) in [5.74, 6) is 0.452. The molecule has 1 unspecified atom stereocenters. The third-order valence-electron chi connectivity index (χ3n) is 1.79. The lowest BCUT2D eigenvalue weighted by atomic mass is 10.3. The number of hydrogen-bond acceptors (Lipinski definition) is 3. The molecule has 1 atom stereocenters. The van der Waals surface area contributed by atoms with Gasteiger partial charge in [0.1, 0.15) is 0 Å². The number of nitrogens with one attached hydrogen (secondary N) is 2. The number of urea groups is 1. The maximum atomic E-state index is 11.3. The number of amides is 2. The van der Waals surface area contributed by atoms with Crippen molar-refractivity contribution in [1.29, 1.82) is 0 Å². The fourth-order valence-electron chi connectivity index (χ4n) is 0.842. The molecule has 0 aliphatic carbocycles. The van der Waals surface area contributed by atoms with Gasteiger partial charge in [-0.25, -0.2) is 9.78 Å². The summed E-state index contributed by atoms with van der Waals surface area (Å²) in [6, 6.07) is -0.0912. The topological polar surface area (TPSA) is 66.9 Å². The maximum absolute atomic E-state index is 11.3. The van der Waals surface area contributed by atoms with Crippen LogP contribution < -0.4 is 10.6 Å². The van der Waals surface area contributed by atoms with Crippen molar-refractivity contribution in [3.05, 3.63) is 18.6 Å². The average Bonchev–Trinajstić information content (AvgIpc) is 2.19. The molecule has 5 heteroatoms. The number of hydrogen-bond donors (Lipinski definition) is 2. The first-order valence-electron chi connectivity index (χ1n) is 4.56. The second-order valence-electron chi connectivity index (χ2n) is 3.00. The van der Waals surface area contributed by atoms with Gasteiger partial charge in [-0.05, 0) is 13.3 Å². The summed E-state index contributed by atoms with van der Waals surface area (Å²) in [5, 5.41) is 5.34. The molecule has 0 aromatic carbocycles. The van der Waals surface area contributed by atoms with E-state index in [4.69, 9.17) is 0 Å². The lowest BCUT2D eigenvalue weighted by Gasteiger charge is -2.11. The Morgan fingerprint density at radius 1 is 1.57 bits per heavy atom. The van der Waals surface area contributed by atoms with Gasteiger partial charge in [0, 0.05) is 18.4 Å². The van der Waals surface area contributed by atoms with Crippen LogP contribution in [0.25, 0.3) is 0 Å². The first-order chi connectivity index (χ1) is 6.72. The number of anilines is 1. The van der Waals surface area contributed by atoms with Crippen LogP contribution in [0, 0.1) is 0 Å². The molecule has 2 amide bonds. The fourth-order valence-corrected chi connectivity index (χ4v) is 0.842. The Hall–Kier alpha value is -1.65. The third-order valence-corrected chi connectivity index (χ3v) is 1.79. The first kappa shape index (κ1) is 10.4. The first-order valence-corrected chi connectivity index (χ1v) is 4.56. The van der Waals surface area contributed by atoms with E-state index in [0.29, 0.717) is 5.82 Å². The molecular weight excluding hydrogens is 180 g/mol. The summed E-state index contributed by atoms with van der Waals surface area (Å²) in [6.45, 7) is 3.95. The van der Waals surface area contributed by atoms with Crippen molar-refractivity contribution in [2.24, 2.45) is 0 Å². The van der Waals surface area contributed by atoms with Crippen LogP contribution in [0.1, 0.15) is 20.3 Å². The van der Waals surface area contributed by atoms with Gasteiger partial charge in [-0.15, -0.1) is 0 Å². The SMILES string of the molecule is CCC(C)NC(=O)Nc1cnccn1. The van der Waals surface area contributed by atoms with E-state index in [1.807, 2.05) is 13.8 Å². The van der Waals surface area contributed by atoms with Crippen LogP contribution in [-0.2, 0) is 0 Å². The predicted molar refractivity (Wildman–Crippen MR) is 53.9 cm³/mol. The fraction of sp³-hybridized carbons (Fsp3) is 0.444. The van der Waals surface area contributed by atoms with Crippen molar-refractivity contribution in [1.82, 2.24) is 15.3 Å². The molecule has 0 fully saturated rings. The van der Waals surface area contributed by atoms with Gasteiger partial charge in [0.15, 0.2) is 5.82 Å². The minimum Gasteiger partial charge on any atom is -0.335 e. The monoisotopic (exact) mass is 194 g/mol. The van der Waals surface area contributed by atoms with Gasteiger partial charge in [-0.1, -0.05) is 6.92 Å². The van der Waals surface area contributed by atoms with Crippen molar-refractivity contribution < 1.29 is 4.79 Å². The van der Waals surface area contributed by atoms with E-state index >= 15 is 0 Å². The zero-order valence-electron chi connectivity index (χ0n) is 8.32.